The summed E-state index contributed by atoms with van der Waals surface area (Å²) >= 11 is 3.42. The Morgan fingerprint density at radius 3 is 2.89 bits per heavy atom. The average Bonchev–Trinajstić information content (AvgIpc) is 2.40. The van der Waals surface area contributed by atoms with Crippen molar-refractivity contribution in [1.82, 2.24) is 0 Å². The van der Waals surface area contributed by atoms with Crippen LogP contribution in [0.15, 0.2) is 71.4 Å². The standard InChI is InChI=1S/C17H19BrO/c1-3-16(10-9-14(2)12-18)17-8-6-4-5-7-15(11-17)13-19/h3-4,6-10,13H,1,5,11-12H2,2H3/b6-4?,14-9+,15-7+,16-10+,17-8+. The van der Waals surface area contributed by atoms with Gasteiger partial charge in [-0.25, -0.2) is 0 Å². The quantitative estimate of drug-likeness (QED) is 0.402. The van der Waals surface area contributed by atoms with Gasteiger partial charge >= 0.3 is 0 Å². The van der Waals surface area contributed by atoms with Crippen LogP contribution in [0.4, 0.5) is 0 Å². The number of aldehydes is 1. The second kappa shape index (κ2) is 8.65. The molecule has 1 aliphatic carbocycles. The molecule has 0 aromatic rings. The van der Waals surface area contributed by atoms with Gasteiger partial charge in [-0.1, -0.05) is 70.6 Å². The second-order valence-corrected chi connectivity index (χ2v) is 4.96. The second-order valence-electron chi connectivity index (χ2n) is 4.40. The molecule has 0 unspecified atom stereocenters. The van der Waals surface area contributed by atoms with Crippen LogP contribution in [0.5, 0.6) is 0 Å². The van der Waals surface area contributed by atoms with E-state index in [-0.39, 0.29) is 0 Å². The van der Waals surface area contributed by atoms with Crippen molar-refractivity contribution in [2.75, 3.05) is 5.33 Å². The Labute approximate surface area is 123 Å². The Balaban J connectivity index is 3.05. The van der Waals surface area contributed by atoms with Gasteiger partial charge in [0.1, 0.15) is 6.29 Å². The lowest BCUT2D eigenvalue weighted by Gasteiger charge is -2.09. The molecule has 19 heavy (non-hydrogen) atoms. The first-order valence-corrected chi connectivity index (χ1v) is 7.39. The highest BCUT2D eigenvalue weighted by atomic mass is 79.9. The third-order valence-electron chi connectivity index (χ3n) is 2.84. The Hall–Kier alpha value is -1.41. The highest BCUT2D eigenvalue weighted by Crippen LogP contribution is 2.22. The molecular formula is C17H19BrO. The molecule has 0 aromatic heterocycles. The van der Waals surface area contributed by atoms with Crippen molar-refractivity contribution in [2.45, 2.75) is 19.8 Å². The lowest BCUT2D eigenvalue weighted by molar-refractivity contribution is -0.105. The van der Waals surface area contributed by atoms with Gasteiger partial charge in [-0.2, -0.15) is 0 Å². The summed E-state index contributed by atoms with van der Waals surface area (Å²) in [7, 11) is 0. The summed E-state index contributed by atoms with van der Waals surface area (Å²) in [4.78, 5) is 11.0. The van der Waals surface area contributed by atoms with Crippen LogP contribution in [0.2, 0.25) is 0 Å². The van der Waals surface area contributed by atoms with Crippen molar-refractivity contribution in [3.05, 3.63) is 71.4 Å². The summed E-state index contributed by atoms with van der Waals surface area (Å²) in [6, 6.07) is 0. The predicted octanol–water partition coefficient (Wildman–Crippen LogP) is 4.84. The van der Waals surface area contributed by atoms with Crippen LogP contribution >= 0.6 is 15.9 Å². The molecule has 2 heteroatoms. The van der Waals surface area contributed by atoms with Crippen molar-refractivity contribution in [3.63, 3.8) is 0 Å². The molecule has 100 valence electrons. The molecule has 0 fully saturated rings. The number of carbonyl (C=O) groups is 1. The number of carbonyl (C=O) groups excluding carboxylic acids is 1. The molecule has 0 bridgehead atoms. The topological polar surface area (TPSA) is 17.1 Å². The van der Waals surface area contributed by atoms with Gasteiger partial charge < -0.3 is 0 Å². The van der Waals surface area contributed by atoms with E-state index in [1.54, 1.807) is 0 Å². The molecule has 0 atom stereocenters. The first-order valence-electron chi connectivity index (χ1n) is 6.27. The van der Waals surface area contributed by atoms with Crippen LogP contribution < -0.4 is 0 Å². The SMILES string of the molecule is C=CC(=C\C=C(/C)CBr)/C1=C/C=CC/C=C(/C=O)C1. The van der Waals surface area contributed by atoms with E-state index in [9.17, 15) is 4.79 Å². The zero-order chi connectivity index (χ0) is 14.1. The molecule has 0 spiro atoms. The van der Waals surface area contributed by atoms with E-state index < -0.39 is 0 Å². The molecule has 0 aromatic carbocycles. The van der Waals surface area contributed by atoms with E-state index in [1.165, 1.54) is 5.57 Å². The van der Waals surface area contributed by atoms with E-state index in [1.807, 2.05) is 30.4 Å². The Kier molecular flexibility index (Phi) is 7.12. The molecule has 0 heterocycles. The lowest BCUT2D eigenvalue weighted by atomic mass is 9.95. The Morgan fingerprint density at radius 1 is 1.47 bits per heavy atom. The highest BCUT2D eigenvalue weighted by Gasteiger charge is 2.05. The maximum atomic E-state index is 11.0. The molecule has 1 rings (SSSR count). The minimum absolute atomic E-state index is 0.660. The van der Waals surface area contributed by atoms with E-state index in [2.05, 4.69) is 41.6 Å². The average molecular weight is 319 g/mol. The number of allylic oxidation sites excluding steroid dienone is 11. The minimum atomic E-state index is 0.660. The van der Waals surface area contributed by atoms with E-state index >= 15 is 0 Å². The van der Waals surface area contributed by atoms with Crippen LogP contribution in [0.1, 0.15) is 19.8 Å². The summed E-state index contributed by atoms with van der Waals surface area (Å²) in [5, 5.41) is 0.854. The first kappa shape index (κ1) is 15.6. The molecule has 0 radical (unpaired) electrons. The number of hydrogen-bond donors (Lipinski definition) is 0. The van der Waals surface area contributed by atoms with Crippen molar-refractivity contribution in [3.8, 4) is 0 Å². The fourth-order valence-electron chi connectivity index (χ4n) is 1.70. The van der Waals surface area contributed by atoms with Crippen LogP contribution in [-0.2, 0) is 4.79 Å². The van der Waals surface area contributed by atoms with E-state index in [0.717, 1.165) is 34.8 Å². The van der Waals surface area contributed by atoms with Gasteiger partial charge in [0, 0.05) is 11.8 Å². The summed E-state index contributed by atoms with van der Waals surface area (Å²) < 4.78 is 0. The van der Waals surface area contributed by atoms with Gasteiger partial charge in [0.2, 0.25) is 0 Å². The fraction of sp³-hybridized carbons (Fsp3) is 0.235. The van der Waals surface area contributed by atoms with Crippen LogP contribution in [0.25, 0.3) is 0 Å². The number of rotatable bonds is 5. The summed E-state index contributed by atoms with van der Waals surface area (Å²) in [6.45, 7) is 5.93. The zero-order valence-electron chi connectivity index (χ0n) is 11.2. The van der Waals surface area contributed by atoms with Gasteiger partial charge in [0.25, 0.3) is 0 Å². The number of halogens is 1. The lowest BCUT2D eigenvalue weighted by Crippen LogP contribution is -1.94. The van der Waals surface area contributed by atoms with Crippen LogP contribution in [0, 0.1) is 0 Å². The van der Waals surface area contributed by atoms with E-state index in [4.69, 9.17) is 0 Å². The fourth-order valence-corrected chi connectivity index (χ4v) is 1.89. The number of hydrogen-bond acceptors (Lipinski definition) is 1. The maximum Gasteiger partial charge on any atom is 0.146 e. The summed E-state index contributed by atoms with van der Waals surface area (Å²) in [5.74, 6) is 0. The minimum Gasteiger partial charge on any atom is -0.298 e. The van der Waals surface area contributed by atoms with Gasteiger partial charge in [-0.15, -0.1) is 0 Å². The van der Waals surface area contributed by atoms with Crippen LogP contribution in [-0.4, -0.2) is 11.6 Å². The normalized spacial score (nSPS) is 22.6. The third-order valence-corrected chi connectivity index (χ3v) is 3.73. The van der Waals surface area contributed by atoms with Crippen molar-refractivity contribution in [1.29, 1.82) is 0 Å². The molecule has 0 N–H and O–H groups in total. The van der Waals surface area contributed by atoms with Gasteiger partial charge in [-0.05, 0) is 30.1 Å². The summed E-state index contributed by atoms with van der Waals surface area (Å²) in [5.41, 5.74) is 4.24. The molecule has 0 aliphatic heterocycles. The maximum absolute atomic E-state index is 11.0. The van der Waals surface area contributed by atoms with Crippen molar-refractivity contribution < 1.29 is 4.79 Å². The third kappa shape index (κ3) is 5.39. The summed E-state index contributed by atoms with van der Waals surface area (Å²) in [6.07, 6.45) is 16.5. The molecule has 1 aliphatic rings. The predicted molar refractivity (Wildman–Crippen MR) is 86.4 cm³/mol. The van der Waals surface area contributed by atoms with Crippen molar-refractivity contribution in [2.24, 2.45) is 0 Å². The monoisotopic (exact) mass is 318 g/mol. The molecule has 0 saturated carbocycles. The smallest absolute Gasteiger partial charge is 0.146 e. The number of alkyl halides is 1. The van der Waals surface area contributed by atoms with Gasteiger partial charge in [0.05, 0.1) is 0 Å². The highest BCUT2D eigenvalue weighted by molar-refractivity contribution is 9.09. The molecule has 0 saturated heterocycles. The first-order chi connectivity index (χ1) is 9.21. The molecular weight excluding hydrogens is 300 g/mol. The Morgan fingerprint density at radius 2 is 2.26 bits per heavy atom. The Bertz CT molecular complexity index is 487. The zero-order valence-corrected chi connectivity index (χ0v) is 12.8. The van der Waals surface area contributed by atoms with Gasteiger partial charge in [0.15, 0.2) is 0 Å². The molecule has 1 nitrogen and oxygen atoms in total. The van der Waals surface area contributed by atoms with Crippen LogP contribution in [0.3, 0.4) is 0 Å². The largest absolute Gasteiger partial charge is 0.298 e. The van der Waals surface area contributed by atoms with Gasteiger partial charge in [-0.3, -0.25) is 4.79 Å². The van der Waals surface area contributed by atoms with Crippen molar-refractivity contribution >= 4 is 22.2 Å². The molecule has 0 amide bonds. The van der Waals surface area contributed by atoms with E-state index in [0.29, 0.717) is 6.42 Å².